The first-order valence-electron chi connectivity index (χ1n) is 7.23. The monoisotopic (exact) mass is 283 g/mol. The zero-order valence-corrected chi connectivity index (χ0v) is 11.6. The van der Waals surface area contributed by atoms with E-state index in [9.17, 15) is 13.6 Å². The van der Waals surface area contributed by atoms with E-state index >= 15 is 0 Å². The number of carbonyl (C=O) groups is 1. The summed E-state index contributed by atoms with van der Waals surface area (Å²) in [4.78, 5) is 13.3. The zero-order chi connectivity index (χ0) is 14.4. The highest BCUT2D eigenvalue weighted by Gasteiger charge is 2.14. The van der Waals surface area contributed by atoms with Crippen molar-refractivity contribution >= 4 is 11.6 Å². The molecule has 2 N–H and O–H groups in total. The van der Waals surface area contributed by atoms with Crippen LogP contribution in [0.5, 0.6) is 0 Å². The molecule has 0 saturated carbocycles. The maximum Gasteiger partial charge on any atom is 0.230 e. The van der Waals surface area contributed by atoms with E-state index in [1.54, 1.807) is 0 Å². The summed E-state index contributed by atoms with van der Waals surface area (Å²) in [6, 6.07) is 3.39. The van der Waals surface area contributed by atoms with Crippen molar-refractivity contribution in [3.05, 3.63) is 29.8 Å². The molecule has 0 aromatic heterocycles. The Labute approximate surface area is 118 Å². The largest absolute Gasteiger partial charge is 0.335 e. The molecule has 1 saturated heterocycles. The van der Waals surface area contributed by atoms with Gasteiger partial charge in [-0.3, -0.25) is 4.79 Å². The first kappa shape index (κ1) is 14.9. The molecule has 20 heavy (non-hydrogen) atoms. The molecule has 1 fully saturated rings. The highest BCUT2D eigenvalue weighted by molar-refractivity contribution is 5.90. The molecule has 2 rings (SSSR count). The van der Waals surface area contributed by atoms with E-state index in [2.05, 4.69) is 5.32 Å². The molecule has 0 aliphatic carbocycles. The summed E-state index contributed by atoms with van der Waals surface area (Å²) >= 11 is 0. The van der Waals surface area contributed by atoms with Crippen LogP contribution in [0.25, 0.3) is 0 Å². The molecule has 5 heteroatoms. The topological polar surface area (TPSA) is 33.5 Å². The Kier molecular flexibility index (Phi) is 5.47. The first-order valence-corrected chi connectivity index (χ1v) is 7.23. The van der Waals surface area contributed by atoms with Gasteiger partial charge >= 0.3 is 0 Å². The minimum Gasteiger partial charge on any atom is -0.335 e. The molecular formula is C15H21F2N2O+. The van der Waals surface area contributed by atoms with E-state index in [1.165, 1.54) is 36.6 Å². The maximum absolute atomic E-state index is 13.0. The molecule has 0 atom stereocenters. The summed E-state index contributed by atoms with van der Waals surface area (Å²) in [5, 5.41) is 2.61. The van der Waals surface area contributed by atoms with Crippen LogP contribution in [0.4, 0.5) is 14.5 Å². The summed E-state index contributed by atoms with van der Waals surface area (Å²) in [5.74, 6) is -1.99. The van der Waals surface area contributed by atoms with Crippen molar-refractivity contribution in [2.24, 2.45) is 0 Å². The molecule has 1 aliphatic rings. The SMILES string of the molecule is O=C(CC[NH+]1CCCCCC1)Nc1ccc(F)c(F)c1. The minimum absolute atomic E-state index is 0.146. The lowest BCUT2D eigenvalue weighted by atomic mass is 10.2. The number of carbonyl (C=O) groups excluding carboxylic acids is 1. The number of anilines is 1. The lowest BCUT2D eigenvalue weighted by molar-refractivity contribution is -0.898. The normalized spacial score (nSPS) is 16.7. The Morgan fingerprint density at radius 2 is 1.80 bits per heavy atom. The summed E-state index contributed by atoms with van der Waals surface area (Å²) in [5.41, 5.74) is 0.305. The van der Waals surface area contributed by atoms with Gasteiger partial charge in [-0.2, -0.15) is 0 Å². The highest BCUT2D eigenvalue weighted by Crippen LogP contribution is 2.13. The van der Waals surface area contributed by atoms with Gasteiger partial charge in [0.2, 0.25) is 5.91 Å². The first-order chi connectivity index (χ1) is 9.65. The van der Waals surface area contributed by atoms with Gasteiger partial charge in [0.05, 0.1) is 26.1 Å². The molecule has 0 unspecified atom stereocenters. The van der Waals surface area contributed by atoms with E-state index in [-0.39, 0.29) is 5.91 Å². The predicted octanol–water partition coefficient (Wildman–Crippen LogP) is 1.75. The van der Waals surface area contributed by atoms with E-state index in [1.807, 2.05) is 0 Å². The standard InChI is InChI=1S/C15H20F2N2O/c16-13-6-5-12(11-14(13)17)18-15(20)7-10-19-8-3-1-2-4-9-19/h5-6,11H,1-4,7-10H2,(H,18,20)/p+1. The predicted molar refractivity (Wildman–Crippen MR) is 73.6 cm³/mol. The quantitative estimate of drug-likeness (QED) is 0.867. The highest BCUT2D eigenvalue weighted by atomic mass is 19.2. The van der Waals surface area contributed by atoms with Crippen molar-refractivity contribution < 1.29 is 18.5 Å². The van der Waals surface area contributed by atoms with Crippen molar-refractivity contribution in [1.82, 2.24) is 0 Å². The Morgan fingerprint density at radius 3 is 2.45 bits per heavy atom. The van der Waals surface area contributed by atoms with E-state index < -0.39 is 11.6 Å². The Balaban J connectivity index is 1.78. The van der Waals surface area contributed by atoms with Gasteiger partial charge in [0, 0.05) is 11.8 Å². The fraction of sp³-hybridized carbons (Fsp3) is 0.533. The number of benzene rings is 1. The lowest BCUT2D eigenvalue weighted by Crippen LogP contribution is -3.12. The molecule has 1 amide bonds. The number of likely N-dealkylation sites (tertiary alicyclic amines) is 1. The van der Waals surface area contributed by atoms with Crippen LogP contribution in [0.1, 0.15) is 32.1 Å². The van der Waals surface area contributed by atoms with Gasteiger partial charge in [-0.05, 0) is 37.8 Å². The molecule has 0 bridgehead atoms. The van der Waals surface area contributed by atoms with Crippen LogP contribution >= 0.6 is 0 Å². The third-order valence-electron chi connectivity index (χ3n) is 3.72. The van der Waals surface area contributed by atoms with Crippen LogP contribution in [0.15, 0.2) is 18.2 Å². The van der Waals surface area contributed by atoms with Gasteiger partial charge in [0.1, 0.15) is 0 Å². The number of amides is 1. The van der Waals surface area contributed by atoms with Crippen molar-refractivity contribution in [2.45, 2.75) is 32.1 Å². The van der Waals surface area contributed by atoms with Crippen LogP contribution in [0.2, 0.25) is 0 Å². The molecule has 1 aromatic carbocycles. The molecule has 0 radical (unpaired) electrons. The van der Waals surface area contributed by atoms with Gasteiger partial charge in [-0.1, -0.05) is 0 Å². The van der Waals surface area contributed by atoms with Crippen molar-refractivity contribution in [2.75, 3.05) is 25.0 Å². The minimum atomic E-state index is -0.944. The van der Waals surface area contributed by atoms with Crippen molar-refractivity contribution in [3.63, 3.8) is 0 Å². The Hall–Kier alpha value is -1.49. The van der Waals surface area contributed by atoms with Crippen LogP contribution in [0.3, 0.4) is 0 Å². The number of hydrogen-bond donors (Lipinski definition) is 2. The van der Waals surface area contributed by atoms with E-state index in [0.717, 1.165) is 31.8 Å². The zero-order valence-electron chi connectivity index (χ0n) is 11.6. The Morgan fingerprint density at radius 1 is 1.10 bits per heavy atom. The molecular weight excluding hydrogens is 262 g/mol. The van der Waals surface area contributed by atoms with Crippen LogP contribution in [-0.2, 0) is 4.79 Å². The van der Waals surface area contributed by atoms with E-state index in [4.69, 9.17) is 0 Å². The third-order valence-corrected chi connectivity index (χ3v) is 3.72. The number of halogens is 2. The van der Waals surface area contributed by atoms with Gasteiger partial charge in [-0.25, -0.2) is 8.78 Å². The number of nitrogens with one attached hydrogen (secondary N) is 2. The molecule has 1 heterocycles. The second-order valence-corrected chi connectivity index (χ2v) is 5.34. The van der Waals surface area contributed by atoms with Gasteiger partial charge in [0.25, 0.3) is 0 Å². The summed E-state index contributed by atoms with van der Waals surface area (Å²) in [6.45, 7) is 3.05. The fourth-order valence-electron chi connectivity index (χ4n) is 2.57. The van der Waals surface area contributed by atoms with Crippen LogP contribution in [0, 0.1) is 11.6 Å². The summed E-state index contributed by atoms with van der Waals surface area (Å²) in [6.07, 6.45) is 5.42. The number of hydrogen-bond acceptors (Lipinski definition) is 1. The van der Waals surface area contributed by atoms with Gasteiger partial charge < -0.3 is 10.2 Å². The van der Waals surface area contributed by atoms with Crippen molar-refractivity contribution in [3.8, 4) is 0 Å². The average molecular weight is 283 g/mol. The fourth-order valence-corrected chi connectivity index (χ4v) is 2.57. The summed E-state index contributed by atoms with van der Waals surface area (Å²) in [7, 11) is 0. The van der Waals surface area contributed by atoms with Crippen LogP contribution < -0.4 is 10.2 Å². The average Bonchev–Trinajstić information content (AvgIpc) is 2.69. The summed E-state index contributed by atoms with van der Waals surface area (Å²) < 4.78 is 25.8. The van der Waals surface area contributed by atoms with E-state index in [0.29, 0.717) is 12.1 Å². The molecule has 3 nitrogen and oxygen atoms in total. The molecule has 1 aliphatic heterocycles. The molecule has 110 valence electrons. The second kappa shape index (κ2) is 7.33. The second-order valence-electron chi connectivity index (χ2n) is 5.34. The van der Waals surface area contributed by atoms with Gasteiger partial charge in [0.15, 0.2) is 11.6 Å². The Bertz CT molecular complexity index is 457. The van der Waals surface area contributed by atoms with Gasteiger partial charge in [-0.15, -0.1) is 0 Å². The third kappa shape index (κ3) is 4.56. The maximum atomic E-state index is 13.0. The smallest absolute Gasteiger partial charge is 0.230 e. The van der Waals surface area contributed by atoms with Crippen molar-refractivity contribution in [1.29, 1.82) is 0 Å². The molecule has 1 aromatic rings. The molecule has 0 spiro atoms. The lowest BCUT2D eigenvalue weighted by Gasteiger charge is -2.16. The number of rotatable bonds is 4. The number of quaternary nitrogens is 1. The van der Waals surface area contributed by atoms with Crippen LogP contribution in [-0.4, -0.2) is 25.5 Å².